The normalized spacial score (nSPS) is 14.7. The second kappa shape index (κ2) is 8.65. The lowest BCUT2D eigenvalue weighted by Crippen LogP contribution is -2.45. The predicted octanol–water partition coefficient (Wildman–Crippen LogP) is 3.82. The van der Waals surface area contributed by atoms with E-state index in [0.717, 1.165) is 4.90 Å². The van der Waals surface area contributed by atoms with Gasteiger partial charge in [-0.1, -0.05) is 77.5 Å². The number of amides is 3. The maximum absolute atomic E-state index is 13.8. The Morgan fingerprint density at radius 2 is 1.60 bits per heavy atom. The van der Waals surface area contributed by atoms with Crippen molar-refractivity contribution < 1.29 is 14.5 Å². The molecular weight excluding hydrogens is 472 g/mol. The van der Waals surface area contributed by atoms with Gasteiger partial charge in [0.2, 0.25) is 0 Å². The monoisotopic (exact) mass is 488 g/mol. The van der Waals surface area contributed by atoms with Crippen molar-refractivity contribution >= 4 is 29.2 Å². The Morgan fingerprint density at radius 3 is 2.20 bits per heavy atom. The zero-order valence-corrected chi connectivity index (χ0v) is 18.8. The van der Waals surface area contributed by atoms with Crippen molar-refractivity contribution in [3.63, 3.8) is 0 Å². The molecule has 1 N–H and O–H groups in total. The number of hydrogen-bond donors (Lipinski definition) is 1. The molecule has 0 radical (unpaired) electrons. The summed E-state index contributed by atoms with van der Waals surface area (Å²) in [5, 5.41) is 22.1. The van der Waals surface area contributed by atoms with Gasteiger partial charge in [-0.15, -0.1) is 5.10 Å². The van der Waals surface area contributed by atoms with Crippen LogP contribution in [0.25, 0.3) is 5.69 Å². The number of nitro groups is 1. The Morgan fingerprint density at radius 1 is 0.971 bits per heavy atom. The van der Waals surface area contributed by atoms with Crippen LogP contribution >= 0.6 is 11.6 Å². The highest BCUT2D eigenvalue weighted by atomic mass is 35.5. The minimum atomic E-state index is -1.38. The van der Waals surface area contributed by atoms with Crippen LogP contribution in [0, 0.1) is 10.1 Å². The van der Waals surface area contributed by atoms with Crippen LogP contribution in [0.1, 0.15) is 16.8 Å². The molecule has 1 aromatic heterocycles. The van der Waals surface area contributed by atoms with Crippen LogP contribution < -0.4 is 5.32 Å². The number of carbonyl (C=O) groups excluding carboxylic acids is 2. The van der Waals surface area contributed by atoms with Crippen LogP contribution in [-0.2, 0) is 16.9 Å². The van der Waals surface area contributed by atoms with Gasteiger partial charge in [-0.3, -0.25) is 19.8 Å². The van der Waals surface area contributed by atoms with E-state index in [1.54, 1.807) is 54.6 Å². The first-order valence-electron chi connectivity index (χ1n) is 10.5. The lowest BCUT2D eigenvalue weighted by atomic mass is 9.82. The van der Waals surface area contributed by atoms with Gasteiger partial charge < -0.3 is 5.32 Å². The maximum Gasteiger partial charge on any atom is 0.325 e. The molecule has 0 saturated carbocycles. The molecule has 174 valence electrons. The fourth-order valence-corrected chi connectivity index (χ4v) is 4.28. The van der Waals surface area contributed by atoms with Crippen molar-refractivity contribution in [2.45, 2.75) is 12.1 Å². The molecule has 1 saturated heterocycles. The molecule has 10 nitrogen and oxygen atoms in total. The predicted molar refractivity (Wildman–Crippen MR) is 126 cm³/mol. The minimum absolute atomic E-state index is 0.00316. The van der Waals surface area contributed by atoms with Gasteiger partial charge in [0, 0.05) is 6.07 Å². The van der Waals surface area contributed by atoms with Crippen LogP contribution in [0.3, 0.4) is 0 Å². The number of aromatic nitrogens is 3. The molecule has 0 atom stereocenters. The molecule has 0 aliphatic carbocycles. The highest BCUT2D eigenvalue weighted by molar-refractivity contribution is 6.32. The molecule has 11 heteroatoms. The van der Waals surface area contributed by atoms with Crippen LogP contribution in [0.4, 0.5) is 10.5 Å². The zero-order chi connectivity index (χ0) is 24.6. The van der Waals surface area contributed by atoms with Gasteiger partial charge in [-0.2, -0.15) is 0 Å². The third-order valence-corrected chi connectivity index (χ3v) is 6.09. The summed E-state index contributed by atoms with van der Waals surface area (Å²) in [7, 11) is 0. The van der Waals surface area contributed by atoms with Gasteiger partial charge in [0.05, 0.1) is 23.4 Å². The Kier molecular flexibility index (Phi) is 5.50. The lowest BCUT2D eigenvalue weighted by molar-refractivity contribution is -0.384. The highest BCUT2D eigenvalue weighted by Crippen LogP contribution is 2.36. The molecule has 5 rings (SSSR count). The molecule has 0 unspecified atom stereocenters. The van der Waals surface area contributed by atoms with Crippen molar-refractivity contribution in [2.75, 3.05) is 0 Å². The lowest BCUT2D eigenvalue weighted by Gasteiger charge is -2.27. The van der Waals surface area contributed by atoms with E-state index in [9.17, 15) is 19.7 Å². The summed E-state index contributed by atoms with van der Waals surface area (Å²) in [4.78, 5) is 38.5. The standard InChI is InChI=1S/C24H17ClN6O4/c25-20-12-11-19(13-21(20)31(34)35)30-15-18(27-28-30)14-29-22(32)24(26-23(29)33,16-7-3-1-4-8-16)17-9-5-2-6-10-17/h1-13,15H,14H2,(H,26,33). The number of nitro benzene ring substituents is 1. The summed E-state index contributed by atoms with van der Waals surface area (Å²) in [6.07, 6.45) is 1.50. The largest absolute Gasteiger partial charge is 0.325 e. The van der Waals surface area contributed by atoms with E-state index in [1.165, 1.54) is 23.0 Å². The third-order valence-electron chi connectivity index (χ3n) is 5.77. The molecule has 35 heavy (non-hydrogen) atoms. The Balaban J connectivity index is 1.47. The van der Waals surface area contributed by atoms with E-state index in [2.05, 4.69) is 15.6 Å². The zero-order valence-electron chi connectivity index (χ0n) is 18.0. The molecule has 0 spiro atoms. The number of carbonyl (C=O) groups is 2. The summed E-state index contributed by atoms with van der Waals surface area (Å²) >= 11 is 5.88. The Hall–Kier alpha value is -4.57. The number of rotatable bonds is 6. The topological polar surface area (TPSA) is 123 Å². The number of imide groups is 1. The number of benzene rings is 3. The van der Waals surface area contributed by atoms with Gasteiger partial charge in [0.15, 0.2) is 5.54 Å². The summed E-state index contributed by atoms with van der Waals surface area (Å²) in [5.74, 6) is -0.448. The van der Waals surface area contributed by atoms with Crippen LogP contribution in [-0.4, -0.2) is 36.8 Å². The smallest absolute Gasteiger partial charge is 0.315 e. The molecule has 4 aromatic rings. The molecule has 3 amide bonds. The first-order valence-corrected chi connectivity index (χ1v) is 10.9. The molecule has 2 heterocycles. The van der Waals surface area contributed by atoms with Crippen LogP contribution in [0.2, 0.25) is 5.02 Å². The quantitative estimate of drug-likeness (QED) is 0.250. The van der Waals surface area contributed by atoms with Crippen molar-refractivity contribution in [3.05, 3.63) is 117 Å². The third kappa shape index (κ3) is 3.79. The molecule has 1 aliphatic heterocycles. The van der Waals surface area contributed by atoms with Gasteiger partial charge in [0.1, 0.15) is 10.7 Å². The van der Waals surface area contributed by atoms with Crippen molar-refractivity contribution in [3.8, 4) is 5.69 Å². The number of nitrogens with one attached hydrogen (secondary N) is 1. The second-order valence-corrected chi connectivity index (χ2v) is 8.26. The summed E-state index contributed by atoms with van der Waals surface area (Å²) in [5.41, 5.74) is 0.286. The maximum atomic E-state index is 13.8. The average molecular weight is 489 g/mol. The van der Waals surface area contributed by atoms with Crippen molar-refractivity contribution in [1.82, 2.24) is 25.2 Å². The fraction of sp³-hybridized carbons (Fsp3) is 0.0833. The van der Waals surface area contributed by atoms with Crippen LogP contribution in [0.15, 0.2) is 85.1 Å². The van der Waals surface area contributed by atoms with E-state index >= 15 is 0 Å². The van der Waals surface area contributed by atoms with E-state index in [1.807, 2.05) is 12.1 Å². The van der Waals surface area contributed by atoms with Crippen molar-refractivity contribution in [1.29, 1.82) is 0 Å². The fourth-order valence-electron chi connectivity index (χ4n) is 4.10. The molecule has 3 aromatic carbocycles. The van der Waals surface area contributed by atoms with Crippen LogP contribution in [0.5, 0.6) is 0 Å². The minimum Gasteiger partial charge on any atom is -0.315 e. The van der Waals surface area contributed by atoms with E-state index in [-0.39, 0.29) is 17.3 Å². The first-order chi connectivity index (χ1) is 16.9. The summed E-state index contributed by atoms with van der Waals surface area (Å²) in [6.45, 7) is -0.137. The SMILES string of the molecule is O=C1NC(c2ccccc2)(c2ccccc2)C(=O)N1Cc1cn(-c2ccc(Cl)c([N+](=O)[O-])c2)nn1. The van der Waals surface area contributed by atoms with E-state index in [4.69, 9.17) is 11.6 Å². The Labute approximate surface area is 203 Å². The number of hydrogen-bond acceptors (Lipinski definition) is 6. The van der Waals surface area contributed by atoms with E-state index in [0.29, 0.717) is 22.5 Å². The Bertz CT molecular complexity index is 1400. The summed E-state index contributed by atoms with van der Waals surface area (Å²) in [6, 6.07) is 21.7. The van der Waals surface area contributed by atoms with Gasteiger partial charge in [-0.05, 0) is 23.3 Å². The second-order valence-electron chi connectivity index (χ2n) is 7.85. The van der Waals surface area contributed by atoms with Crippen molar-refractivity contribution in [2.24, 2.45) is 0 Å². The number of urea groups is 1. The average Bonchev–Trinajstić information content (AvgIpc) is 3.44. The molecular formula is C24H17ClN6O4. The number of nitrogens with zero attached hydrogens (tertiary/aromatic N) is 5. The first kappa shape index (κ1) is 22.2. The molecule has 0 bridgehead atoms. The molecule has 1 aliphatic rings. The van der Waals surface area contributed by atoms with Gasteiger partial charge in [0.25, 0.3) is 11.6 Å². The van der Waals surface area contributed by atoms with Gasteiger partial charge in [-0.25, -0.2) is 9.48 Å². The van der Waals surface area contributed by atoms with E-state index < -0.39 is 22.4 Å². The number of halogens is 1. The molecule has 1 fully saturated rings. The summed E-state index contributed by atoms with van der Waals surface area (Å²) < 4.78 is 1.32. The van der Waals surface area contributed by atoms with Gasteiger partial charge >= 0.3 is 6.03 Å². The highest BCUT2D eigenvalue weighted by Gasteiger charge is 2.53.